The summed E-state index contributed by atoms with van der Waals surface area (Å²) in [4.78, 5) is 0. The topological polar surface area (TPSA) is 30.5 Å². The Morgan fingerprint density at radius 3 is 2.50 bits per heavy atom. The van der Waals surface area contributed by atoms with Crippen LogP contribution in [-0.2, 0) is 6.54 Å². The van der Waals surface area contributed by atoms with E-state index in [4.69, 9.17) is 21.1 Å². The van der Waals surface area contributed by atoms with Crippen LogP contribution in [0.25, 0.3) is 0 Å². The predicted molar refractivity (Wildman–Crippen MR) is 84.9 cm³/mol. The minimum atomic E-state index is 0.405. The van der Waals surface area contributed by atoms with Gasteiger partial charge in [-0.05, 0) is 12.0 Å². The van der Waals surface area contributed by atoms with Crippen molar-refractivity contribution < 1.29 is 9.47 Å². The molecule has 1 unspecified atom stereocenters. The maximum Gasteiger partial charge on any atom is 0.165 e. The Morgan fingerprint density at radius 2 is 1.95 bits per heavy atom. The van der Waals surface area contributed by atoms with Gasteiger partial charge in [0.1, 0.15) is 0 Å². The van der Waals surface area contributed by atoms with Crippen LogP contribution in [-0.4, -0.2) is 19.8 Å². The van der Waals surface area contributed by atoms with E-state index in [0.29, 0.717) is 35.9 Å². The molecule has 1 aromatic carbocycles. The first-order chi connectivity index (χ1) is 9.47. The van der Waals surface area contributed by atoms with Crippen molar-refractivity contribution >= 4 is 11.6 Å². The Hall–Kier alpha value is -0.930. The van der Waals surface area contributed by atoms with E-state index in [0.717, 1.165) is 17.7 Å². The number of methoxy groups -OCH3 is 1. The Morgan fingerprint density at radius 1 is 1.25 bits per heavy atom. The fourth-order valence-corrected chi connectivity index (χ4v) is 1.96. The molecule has 1 atom stereocenters. The zero-order valence-electron chi connectivity index (χ0n) is 13.1. The summed E-state index contributed by atoms with van der Waals surface area (Å²) in [5.74, 6) is 2.01. The Labute approximate surface area is 127 Å². The van der Waals surface area contributed by atoms with E-state index >= 15 is 0 Å². The third-order valence-corrected chi connectivity index (χ3v) is 3.44. The molecule has 114 valence electrons. The molecule has 0 aliphatic rings. The molecule has 0 aromatic heterocycles. The lowest BCUT2D eigenvalue weighted by molar-refractivity contribution is 0.241. The second-order valence-electron chi connectivity index (χ2n) is 5.46. The van der Waals surface area contributed by atoms with Crippen molar-refractivity contribution in [2.24, 2.45) is 5.92 Å². The number of nitrogens with one attached hydrogen (secondary N) is 1. The highest BCUT2D eigenvalue weighted by molar-refractivity contribution is 6.30. The summed E-state index contributed by atoms with van der Waals surface area (Å²) in [5.41, 5.74) is 1.03. The maximum absolute atomic E-state index is 6.14. The fraction of sp³-hybridized carbons (Fsp3) is 0.625. The van der Waals surface area contributed by atoms with Gasteiger partial charge in [0.2, 0.25) is 0 Å². The highest BCUT2D eigenvalue weighted by Crippen LogP contribution is 2.35. The van der Waals surface area contributed by atoms with Gasteiger partial charge in [-0.3, -0.25) is 0 Å². The smallest absolute Gasteiger partial charge is 0.165 e. The van der Waals surface area contributed by atoms with Crippen LogP contribution in [0.1, 0.15) is 39.7 Å². The van der Waals surface area contributed by atoms with Crippen LogP contribution in [0.5, 0.6) is 11.5 Å². The number of hydrogen-bond acceptors (Lipinski definition) is 3. The third kappa shape index (κ3) is 5.22. The number of ether oxygens (including phenoxy) is 2. The van der Waals surface area contributed by atoms with Crippen LogP contribution in [0.4, 0.5) is 0 Å². The molecule has 0 fully saturated rings. The van der Waals surface area contributed by atoms with E-state index in [1.807, 2.05) is 6.07 Å². The number of halogens is 1. The molecular weight excluding hydrogens is 274 g/mol. The molecule has 0 aliphatic heterocycles. The van der Waals surface area contributed by atoms with E-state index in [2.05, 4.69) is 33.0 Å². The largest absolute Gasteiger partial charge is 0.493 e. The number of hydrogen-bond donors (Lipinski definition) is 1. The van der Waals surface area contributed by atoms with Gasteiger partial charge in [0, 0.05) is 29.2 Å². The molecule has 1 N–H and O–H groups in total. The van der Waals surface area contributed by atoms with Gasteiger partial charge in [-0.15, -0.1) is 0 Å². The van der Waals surface area contributed by atoms with Crippen molar-refractivity contribution in [2.75, 3.05) is 13.7 Å². The van der Waals surface area contributed by atoms with Gasteiger partial charge in [-0.1, -0.05) is 45.7 Å². The molecule has 0 heterocycles. The van der Waals surface area contributed by atoms with E-state index in [9.17, 15) is 0 Å². The van der Waals surface area contributed by atoms with Crippen molar-refractivity contribution in [1.82, 2.24) is 5.32 Å². The van der Waals surface area contributed by atoms with Gasteiger partial charge in [0.25, 0.3) is 0 Å². The van der Waals surface area contributed by atoms with Crippen LogP contribution in [0, 0.1) is 5.92 Å². The van der Waals surface area contributed by atoms with Crippen molar-refractivity contribution in [3.8, 4) is 11.5 Å². The van der Waals surface area contributed by atoms with Crippen LogP contribution in [0.2, 0.25) is 5.02 Å². The van der Waals surface area contributed by atoms with E-state index in [1.165, 1.54) is 0 Å². The van der Waals surface area contributed by atoms with Gasteiger partial charge in [0.15, 0.2) is 11.5 Å². The summed E-state index contributed by atoms with van der Waals surface area (Å²) in [7, 11) is 1.64. The predicted octanol–water partition coefficient (Wildman–Crippen LogP) is 4.27. The molecule has 0 bridgehead atoms. The molecule has 0 aliphatic carbocycles. The molecule has 3 nitrogen and oxygen atoms in total. The molecule has 1 rings (SSSR count). The van der Waals surface area contributed by atoms with Crippen molar-refractivity contribution in [2.45, 2.75) is 46.7 Å². The van der Waals surface area contributed by atoms with Crippen LogP contribution in [0.3, 0.4) is 0 Å². The summed E-state index contributed by atoms with van der Waals surface area (Å²) in [6.07, 6.45) is 1.09. The average Bonchev–Trinajstić information content (AvgIpc) is 2.42. The van der Waals surface area contributed by atoms with Crippen LogP contribution in [0.15, 0.2) is 12.1 Å². The molecular formula is C16H26ClNO2. The second kappa shape index (κ2) is 8.38. The van der Waals surface area contributed by atoms with Gasteiger partial charge in [-0.25, -0.2) is 0 Å². The van der Waals surface area contributed by atoms with Gasteiger partial charge in [0.05, 0.1) is 13.7 Å². The summed E-state index contributed by atoms with van der Waals surface area (Å²) in [6.45, 7) is 9.96. The van der Waals surface area contributed by atoms with Crippen LogP contribution >= 0.6 is 11.6 Å². The van der Waals surface area contributed by atoms with Crippen LogP contribution < -0.4 is 14.8 Å². The fourth-order valence-electron chi connectivity index (χ4n) is 1.73. The van der Waals surface area contributed by atoms with E-state index < -0.39 is 0 Å². The standard InChI is InChI=1S/C16H26ClNO2/c1-6-12(4)10-20-16-13(9-18-11(2)3)7-14(17)8-15(16)19-5/h7-8,11-12,18H,6,9-10H2,1-5H3. The Balaban J connectivity index is 2.96. The van der Waals surface area contributed by atoms with Gasteiger partial charge >= 0.3 is 0 Å². The minimum Gasteiger partial charge on any atom is -0.493 e. The molecule has 0 saturated carbocycles. The SMILES string of the molecule is CCC(C)COc1c(CNC(C)C)cc(Cl)cc1OC. The first-order valence-electron chi connectivity index (χ1n) is 7.20. The zero-order valence-corrected chi connectivity index (χ0v) is 13.9. The van der Waals surface area contributed by atoms with Crippen molar-refractivity contribution in [3.63, 3.8) is 0 Å². The molecule has 0 saturated heterocycles. The Kier molecular flexibility index (Phi) is 7.17. The van der Waals surface area contributed by atoms with Gasteiger partial charge < -0.3 is 14.8 Å². The molecule has 4 heteroatoms. The summed E-state index contributed by atoms with van der Waals surface area (Å²) in [5, 5.41) is 4.05. The quantitative estimate of drug-likeness (QED) is 0.777. The maximum atomic E-state index is 6.14. The van der Waals surface area contributed by atoms with Crippen molar-refractivity contribution in [1.29, 1.82) is 0 Å². The number of benzene rings is 1. The summed E-state index contributed by atoms with van der Waals surface area (Å²) in [6, 6.07) is 4.14. The molecule has 1 aromatic rings. The van der Waals surface area contributed by atoms with Gasteiger partial charge in [-0.2, -0.15) is 0 Å². The normalized spacial score (nSPS) is 12.6. The lowest BCUT2D eigenvalue weighted by Crippen LogP contribution is -2.22. The minimum absolute atomic E-state index is 0.405. The lowest BCUT2D eigenvalue weighted by atomic mass is 10.1. The number of rotatable bonds is 8. The van der Waals surface area contributed by atoms with E-state index in [1.54, 1.807) is 13.2 Å². The summed E-state index contributed by atoms with van der Waals surface area (Å²) >= 11 is 6.14. The van der Waals surface area contributed by atoms with E-state index in [-0.39, 0.29) is 0 Å². The first kappa shape index (κ1) is 17.1. The zero-order chi connectivity index (χ0) is 15.1. The summed E-state index contributed by atoms with van der Waals surface area (Å²) < 4.78 is 11.4. The third-order valence-electron chi connectivity index (χ3n) is 3.23. The second-order valence-corrected chi connectivity index (χ2v) is 5.89. The monoisotopic (exact) mass is 299 g/mol. The molecule has 0 amide bonds. The molecule has 0 radical (unpaired) electrons. The highest BCUT2D eigenvalue weighted by atomic mass is 35.5. The molecule has 20 heavy (non-hydrogen) atoms. The first-order valence-corrected chi connectivity index (χ1v) is 7.58. The van der Waals surface area contributed by atoms with Crippen molar-refractivity contribution in [3.05, 3.63) is 22.7 Å². The highest BCUT2D eigenvalue weighted by Gasteiger charge is 2.14. The molecule has 0 spiro atoms. The Bertz CT molecular complexity index is 421. The lowest BCUT2D eigenvalue weighted by Gasteiger charge is -2.19. The average molecular weight is 300 g/mol.